The topological polar surface area (TPSA) is 81.2 Å². The highest BCUT2D eigenvalue weighted by molar-refractivity contribution is 7.99. The summed E-state index contributed by atoms with van der Waals surface area (Å²) in [6, 6.07) is 9.29. The molecule has 0 bridgehead atoms. The van der Waals surface area contributed by atoms with Gasteiger partial charge in [0.1, 0.15) is 10.7 Å². The molecule has 2 aromatic heterocycles. The number of thiophene rings is 1. The third-order valence-electron chi connectivity index (χ3n) is 4.52. The first-order valence-corrected chi connectivity index (χ1v) is 11.6. The van der Waals surface area contributed by atoms with Crippen LogP contribution in [-0.2, 0) is 15.7 Å². The number of nitrogens with zero attached hydrogens (tertiary/aromatic N) is 2. The Labute approximate surface area is 196 Å². The van der Waals surface area contributed by atoms with Crippen LogP contribution in [0.4, 0.5) is 18.2 Å². The quantitative estimate of drug-likeness (QED) is 0.255. The Bertz CT molecular complexity index is 1160. The first-order chi connectivity index (χ1) is 15.6. The molecule has 3 rings (SSSR count). The Balaban J connectivity index is 1.79. The number of hydrogen-bond donors (Lipinski definition) is 1. The molecule has 6 nitrogen and oxygen atoms in total. The number of aromatic nitrogens is 2. The van der Waals surface area contributed by atoms with E-state index < -0.39 is 23.7 Å². The lowest BCUT2D eigenvalue weighted by Crippen LogP contribution is -2.17. The number of halogens is 3. The van der Waals surface area contributed by atoms with Crippen LogP contribution in [0.25, 0.3) is 11.3 Å². The van der Waals surface area contributed by atoms with Crippen LogP contribution in [0.1, 0.15) is 33.4 Å². The molecule has 0 saturated carbocycles. The smallest absolute Gasteiger partial charge is 0.433 e. The molecule has 0 aliphatic rings. The van der Waals surface area contributed by atoms with Gasteiger partial charge in [0.05, 0.1) is 23.6 Å². The lowest BCUT2D eigenvalue weighted by Gasteiger charge is -2.11. The fourth-order valence-electron chi connectivity index (χ4n) is 2.85. The van der Waals surface area contributed by atoms with Crippen molar-refractivity contribution >= 4 is 40.0 Å². The molecule has 0 saturated heterocycles. The Kier molecular flexibility index (Phi) is 7.75. The first kappa shape index (κ1) is 24.7. The number of amides is 1. The van der Waals surface area contributed by atoms with Crippen LogP contribution < -0.4 is 5.32 Å². The van der Waals surface area contributed by atoms with Crippen LogP contribution in [0.3, 0.4) is 0 Å². The molecule has 0 fully saturated rings. The van der Waals surface area contributed by atoms with Crippen molar-refractivity contribution in [2.45, 2.75) is 32.1 Å². The molecule has 1 aromatic carbocycles. The number of aryl methyl sites for hydroxylation is 1. The van der Waals surface area contributed by atoms with Crippen molar-refractivity contribution in [3.63, 3.8) is 0 Å². The molecule has 0 unspecified atom stereocenters. The van der Waals surface area contributed by atoms with Crippen LogP contribution in [0.15, 0.2) is 41.6 Å². The summed E-state index contributed by atoms with van der Waals surface area (Å²) in [4.78, 5) is 33.4. The molecular formula is C22H20F3N3O3S2. The van der Waals surface area contributed by atoms with Crippen LogP contribution in [-0.4, -0.2) is 34.2 Å². The van der Waals surface area contributed by atoms with E-state index in [1.165, 1.54) is 11.3 Å². The Hall–Kier alpha value is -2.92. The maximum Gasteiger partial charge on any atom is 0.433 e. The summed E-state index contributed by atoms with van der Waals surface area (Å²) in [7, 11) is 0. The molecule has 0 radical (unpaired) electrons. The standard InChI is InChI=1S/C22H20F3N3O3S2/c1-4-31-20(30)18-12(2)13(3)33-19(18)28-17(29)11-32-21-26-15(14-8-6-5-7-9-14)10-16(27-21)22(23,24)25/h5-10H,4,11H2,1-3H3,(H,28,29). The van der Waals surface area contributed by atoms with Gasteiger partial charge >= 0.3 is 12.1 Å². The summed E-state index contributed by atoms with van der Waals surface area (Å²) in [6.45, 7) is 5.44. The number of esters is 1. The van der Waals surface area contributed by atoms with Gasteiger partial charge in [0.15, 0.2) is 5.16 Å². The maximum absolute atomic E-state index is 13.4. The molecule has 33 heavy (non-hydrogen) atoms. The van der Waals surface area contributed by atoms with Gasteiger partial charge in [-0.3, -0.25) is 4.79 Å². The maximum atomic E-state index is 13.4. The van der Waals surface area contributed by atoms with Crippen molar-refractivity contribution in [3.05, 3.63) is 58.1 Å². The number of rotatable bonds is 7. The van der Waals surface area contributed by atoms with Gasteiger partial charge in [-0.2, -0.15) is 13.2 Å². The van der Waals surface area contributed by atoms with Crippen LogP contribution in [0.5, 0.6) is 0 Å². The van der Waals surface area contributed by atoms with E-state index in [-0.39, 0.29) is 28.8 Å². The lowest BCUT2D eigenvalue weighted by atomic mass is 10.1. The second-order valence-electron chi connectivity index (χ2n) is 6.83. The van der Waals surface area contributed by atoms with Gasteiger partial charge in [-0.15, -0.1) is 11.3 Å². The number of carbonyl (C=O) groups is 2. The number of hydrogen-bond acceptors (Lipinski definition) is 7. The lowest BCUT2D eigenvalue weighted by molar-refractivity contribution is -0.141. The van der Waals surface area contributed by atoms with Crippen molar-refractivity contribution in [1.82, 2.24) is 9.97 Å². The number of alkyl halides is 3. The van der Waals surface area contributed by atoms with Gasteiger partial charge in [0, 0.05) is 10.4 Å². The third kappa shape index (κ3) is 6.11. The van der Waals surface area contributed by atoms with E-state index in [1.807, 2.05) is 6.92 Å². The van der Waals surface area contributed by atoms with E-state index in [2.05, 4.69) is 15.3 Å². The van der Waals surface area contributed by atoms with E-state index in [1.54, 1.807) is 44.2 Å². The summed E-state index contributed by atoms with van der Waals surface area (Å²) < 4.78 is 45.1. The van der Waals surface area contributed by atoms with Gasteiger partial charge in [-0.25, -0.2) is 14.8 Å². The van der Waals surface area contributed by atoms with Crippen molar-refractivity contribution in [1.29, 1.82) is 0 Å². The molecule has 11 heteroatoms. The molecule has 2 heterocycles. The molecule has 1 amide bonds. The molecule has 1 N–H and O–H groups in total. The van der Waals surface area contributed by atoms with Gasteiger partial charge in [-0.05, 0) is 32.4 Å². The van der Waals surface area contributed by atoms with E-state index >= 15 is 0 Å². The van der Waals surface area contributed by atoms with Gasteiger partial charge < -0.3 is 10.1 Å². The fraction of sp³-hybridized carbons (Fsp3) is 0.273. The predicted octanol–water partition coefficient (Wildman–Crippen LogP) is 5.75. The SMILES string of the molecule is CCOC(=O)c1c(NC(=O)CSc2nc(-c3ccccc3)cc(C(F)(F)F)n2)sc(C)c1C. The number of thioether (sulfide) groups is 1. The van der Waals surface area contributed by atoms with Crippen molar-refractivity contribution in [3.8, 4) is 11.3 Å². The summed E-state index contributed by atoms with van der Waals surface area (Å²) >= 11 is 2.01. The van der Waals surface area contributed by atoms with Gasteiger partial charge in [-0.1, -0.05) is 42.1 Å². The van der Waals surface area contributed by atoms with E-state index in [0.29, 0.717) is 16.1 Å². The van der Waals surface area contributed by atoms with E-state index in [9.17, 15) is 22.8 Å². The van der Waals surface area contributed by atoms with E-state index in [4.69, 9.17) is 4.74 Å². The fourth-order valence-corrected chi connectivity index (χ4v) is 4.57. The highest BCUT2D eigenvalue weighted by Gasteiger charge is 2.34. The summed E-state index contributed by atoms with van der Waals surface area (Å²) in [5.74, 6) is -1.29. The monoisotopic (exact) mass is 495 g/mol. The predicted molar refractivity (Wildman–Crippen MR) is 122 cm³/mol. The second-order valence-corrected chi connectivity index (χ2v) is 9.00. The van der Waals surface area contributed by atoms with Crippen LogP contribution >= 0.6 is 23.1 Å². The summed E-state index contributed by atoms with van der Waals surface area (Å²) in [5, 5.41) is 2.81. The zero-order chi connectivity index (χ0) is 24.2. The van der Waals surface area contributed by atoms with Crippen molar-refractivity contribution < 1.29 is 27.5 Å². The number of carbonyl (C=O) groups excluding carboxylic acids is 2. The Morgan fingerprint density at radius 3 is 2.48 bits per heavy atom. The molecule has 0 aliphatic carbocycles. The number of ether oxygens (including phenoxy) is 1. The molecule has 174 valence electrons. The third-order valence-corrected chi connectivity index (χ3v) is 6.49. The van der Waals surface area contributed by atoms with Crippen LogP contribution in [0.2, 0.25) is 0 Å². The minimum atomic E-state index is -4.66. The number of benzene rings is 1. The second kappa shape index (κ2) is 10.3. The molecule has 3 aromatic rings. The molecule has 0 aliphatic heterocycles. The highest BCUT2D eigenvalue weighted by atomic mass is 32.2. The molecular weight excluding hydrogens is 475 g/mol. The average molecular weight is 496 g/mol. The normalized spacial score (nSPS) is 11.3. The Morgan fingerprint density at radius 1 is 1.15 bits per heavy atom. The number of anilines is 1. The summed E-state index contributed by atoms with van der Waals surface area (Å²) in [6.07, 6.45) is -4.66. The van der Waals surface area contributed by atoms with E-state index in [0.717, 1.165) is 22.7 Å². The summed E-state index contributed by atoms with van der Waals surface area (Å²) in [5.41, 5.74) is 0.498. The first-order valence-electron chi connectivity index (χ1n) is 9.81. The van der Waals surface area contributed by atoms with Crippen molar-refractivity contribution in [2.24, 2.45) is 0 Å². The minimum Gasteiger partial charge on any atom is -0.462 e. The van der Waals surface area contributed by atoms with Gasteiger partial charge in [0.25, 0.3) is 0 Å². The zero-order valence-electron chi connectivity index (χ0n) is 17.9. The van der Waals surface area contributed by atoms with Crippen molar-refractivity contribution in [2.75, 3.05) is 17.7 Å². The average Bonchev–Trinajstić information content (AvgIpc) is 3.05. The largest absolute Gasteiger partial charge is 0.462 e. The molecule has 0 atom stereocenters. The Morgan fingerprint density at radius 2 is 1.85 bits per heavy atom. The highest BCUT2D eigenvalue weighted by Crippen LogP contribution is 2.34. The zero-order valence-corrected chi connectivity index (χ0v) is 19.6. The van der Waals surface area contributed by atoms with Gasteiger partial charge in [0.2, 0.25) is 5.91 Å². The minimum absolute atomic E-state index is 0.106. The number of nitrogens with one attached hydrogen (secondary N) is 1. The van der Waals surface area contributed by atoms with Crippen LogP contribution in [0, 0.1) is 13.8 Å². The molecule has 0 spiro atoms.